The van der Waals surface area contributed by atoms with Crippen LogP contribution in [0.4, 0.5) is 0 Å². The van der Waals surface area contributed by atoms with Crippen LogP contribution in [0.15, 0.2) is 4.79 Å². The summed E-state index contributed by atoms with van der Waals surface area (Å²) in [6.45, 7) is 3.54. The van der Waals surface area contributed by atoms with Gasteiger partial charge in [-0.05, 0) is 13.3 Å². The number of hydrogen-bond acceptors (Lipinski definition) is 4. The van der Waals surface area contributed by atoms with Crippen molar-refractivity contribution >= 4 is 5.97 Å². The minimum absolute atomic E-state index is 0.187. The smallest absolute Gasteiger partial charge is 0.308 e. The van der Waals surface area contributed by atoms with Crippen LogP contribution in [0.25, 0.3) is 0 Å². The summed E-state index contributed by atoms with van der Waals surface area (Å²) in [6, 6.07) is 0. The zero-order valence-corrected chi connectivity index (χ0v) is 10.1. The molecule has 0 aliphatic carbocycles. The number of carboxylic acids is 1. The topological polar surface area (TPSA) is 92.3 Å². The van der Waals surface area contributed by atoms with Crippen molar-refractivity contribution in [3.63, 3.8) is 0 Å². The molecule has 1 atom stereocenters. The van der Waals surface area contributed by atoms with Gasteiger partial charge in [-0.15, -0.1) is 0 Å². The third-order valence-electron chi connectivity index (χ3n) is 2.53. The fourth-order valence-electron chi connectivity index (χ4n) is 1.62. The van der Waals surface area contributed by atoms with Gasteiger partial charge in [0.15, 0.2) is 0 Å². The van der Waals surface area contributed by atoms with Crippen molar-refractivity contribution in [2.24, 2.45) is 0 Å². The molecule has 0 aliphatic heterocycles. The number of aromatic nitrogens is 2. The molecule has 0 radical (unpaired) electrons. The molecule has 1 aromatic heterocycles. The van der Waals surface area contributed by atoms with Crippen molar-refractivity contribution in [1.29, 1.82) is 0 Å². The maximum absolute atomic E-state index is 11.7. The quantitative estimate of drug-likeness (QED) is 0.794. The Balaban J connectivity index is 3.17. The lowest BCUT2D eigenvalue weighted by atomic mass is 10.1. The van der Waals surface area contributed by atoms with Crippen LogP contribution in [0.2, 0.25) is 0 Å². The minimum Gasteiger partial charge on any atom is -0.481 e. The second kappa shape index (κ2) is 5.58. The van der Waals surface area contributed by atoms with Crippen LogP contribution in [-0.4, -0.2) is 28.2 Å². The predicted molar refractivity (Wildman–Crippen MR) is 61.0 cm³/mol. The number of carbonyl (C=O) groups is 1. The third-order valence-corrected chi connectivity index (χ3v) is 2.53. The standard InChI is InChI=1S/C11H16N2O4/c1-4-8(17-3)10-12-6(2)7(5-9(14)15)11(16)13-10/h8H,4-5H2,1-3H3,(H,14,15)(H,12,13,16). The van der Waals surface area contributed by atoms with E-state index in [-0.39, 0.29) is 18.1 Å². The number of aliphatic carboxylic acids is 1. The molecule has 0 spiro atoms. The highest BCUT2D eigenvalue weighted by molar-refractivity contribution is 5.70. The molecule has 0 saturated carbocycles. The summed E-state index contributed by atoms with van der Waals surface area (Å²) in [5, 5.41) is 8.68. The first-order valence-electron chi connectivity index (χ1n) is 5.33. The SMILES string of the molecule is CCC(OC)c1nc(C)c(CC(=O)O)c(=O)[nH]1. The first kappa shape index (κ1) is 13.4. The van der Waals surface area contributed by atoms with Crippen molar-refractivity contribution in [3.05, 3.63) is 27.4 Å². The van der Waals surface area contributed by atoms with Gasteiger partial charge in [-0.2, -0.15) is 0 Å². The second-order valence-corrected chi connectivity index (χ2v) is 3.72. The Bertz CT molecular complexity index is 463. The molecule has 1 aromatic rings. The maximum atomic E-state index is 11.7. The molecule has 1 unspecified atom stereocenters. The molecule has 0 aromatic carbocycles. The lowest BCUT2D eigenvalue weighted by Crippen LogP contribution is -2.23. The van der Waals surface area contributed by atoms with Gasteiger partial charge in [-0.25, -0.2) is 4.98 Å². The van der Waals surface area contributed by atoms with Crippen LogP contribution in [0, 0.1) is 6.92 Å². The summed E-state index contributed by atoms with van der Waals surface area (Å²) in [5.41, 5.74) is 0.208. The Morgan fingerprint density at radius 1 is 1.59 bits per heavy atom. The van der Waals surface area contributed by atoms with Crippen molar-refractivity contribution in [1.82, 2.24) is 9.97 Å². The number of nitrogens with one attached hydrogen (secondary N) is 1. The van der Waals surface area contributed by atoms with Crippen molar-refractivity contribution in [3.8, 4) is 0 Å². The fraction of sp³-hybridized carbons (Fsp3) is 0.545. The predicted octanol–water partition coefficient (Wildman–Crippen LogP) is 0.803. The molecule has 0 amide bonds. The van der Waals surface area contributed by atoms with Gasteiger partial charge >= 0.3 is 5.97 Å². The zero-order valence-electron chi connectivity index (χ0n) is 10.1. The summed E-state index contributed by atoms with van der Waals surface area (Å²) in [5.74, 6) is -0.612. The van der Waals surface area contributed by atoms with Gasteiger partial charge < -0.3 is 14.8 Å². The van der Waals surface area contributed by atoms with Crippen LogP contribution in [-0.2, 0) is 16.0 Å². The van der Waals surface area contributed by atoms with E-state index < -0.39 is 11.5 Å². The summed E-state index contributed by atoms with van der Waals surface area (Å²) in [4.78, 5) is 29.1. The van der Waals surface area contributed by atoms with Gasteiger partial charge in [0.1, 0.15) is 11.9 Å². The lowest BCUT2D eigenvalue weighted by Gasteiger charge is -2.13. The zero-order chi connectivity index (χ0) is 13.0. The van der Waals surface area contributed by atoms with E-state index in [9.17, 15) is 9.59 Å². The number of hydrogen-bond donors (Lipinski definition) is 2. The van der Waals surface area contributed by atoms with E-state index in [0.717, 1.165) is 0 Å². The summed E-state index contributed by atoms with van der Waals surface area (Å²) >= 11 is 0. The van der Waals surface area contributed by atoms with Crippen LogP contribution in [0.1, 0.15) is 36.5 Å². The van der Waals surface area contributed by atoms with E-state index in [0.29, 0.717) is 17.9 Å². The molecule has 1 rings (SSSR count). The first-order valence-corrected chi connectivity index (χ1v) is 5.33. The number of methoxy groups -OCH3 is 1. The average Bonchev–Trinajstić information content (AvgIpc) is 2.25. The number of H-pyrrole nitrogens is 1. The van der Waals surface area contributed by atoms with Crippen LogP contribution in [0.3, 0.4) is 0 Å². The molecular weight excluding hydrogens is 224 g/mol. The van der Waals surface area contributed by atoms with E-state index in [4.69, 9.17) is 9.84 Å². The molecular formula is C11H16N2O4. The number of rotatable bonds is 5. The Morgan fingerprint density at radius 3 is 2.65 bits per heavy atom. The molecule has 0 bridgehead atoms. The van der Waals surface area contributed by atoms with E-state index in [1.165, 1.54) is 7.11 Å². The van der Waals surface area contributed by atoms with E-state index >= 15 is 0 Å². The molecule has 6 nitrogen and oxygen atoms in total. The highest BCUT2D eigenvalue weighted by Gasteiger charge is 2.16. The number of aromatic amines is 1. The van der Waals surface area contributed by atoms with Crippen molar-refractivity contribution in [2.45, 2.75) is 32.8 Å². The number of ether oxygens (including phenoxy) is 1. The Kier molecular flexibility index (Phi) is 4.39. The van der Waals surface area contributed by atoms with E-state index in [1.54, 1.807) is 6.92 Å². The molecule has 0 aliphatic rings. The molecule has 6 heteroatoms. The second-order valence-electron chi connectivity index (χ2n) is 3.72. The Morgan fingerprint density at radius 2 is 2.24 bits per heavy atom. The summed E-state index contributed by atoms with van der Waals surface area (Å²) in [6.07, 6.45) is 0.0790. The van der Waals surface area contributed by atoms with Crippen LogP contribution in [0.5, 0.6) is 0 Å². The van der Waals surface area contributed by atoms with Crippen molar-refractivity contribution in [2.75, 3.05) is 7.11 Å². The fourth-order valence-corrected chi connectivity index (χ4v) is 1.62. The van der Waals surface area contributed by atoms with Gasteiger partial charge in [-0.3, -0.25) is 9.59 Å². The van der Waals surface area contributed by atoms with Crippen molar-refractivity contribution < 1.29 is 14.6 Å². The van der Waals surface area contributed by atoms with Gasteiger partial charge in [0.05, 0.1) is 6.42 Å². The highest BCUT2D eigenvalue weighted by atomic mass is 16.5. The molecule has 17 heavy (non-hydrogen) atoms. The monoisotopic (exact) mass is 240 g/mol. The molecule has 0 saturated heterocycles. The van der Waals surface area contributed by atoms with Gasteiger partial charge in [0.25, 0.3) is 5.56 Å². The minimum atomic E-state index is -1.05. The van der Waals surface area contributed by atoms with Gasteiger partial charge in [-0.1, -0.05) is 6.92 Å². The normalized spacial score (nSPS) is 12.4. The molecule has 1 heterocycles. The maximum Gasteiger partial charge on any atom is 0.308 e. The van der Waals surface area contributed by atoms with Gasteiger partial charge in [0, 0.05) is 18.4 Å². The van der Waals surface area contributed by atoms with E-state index in [1.807, 2.05) is 6.92 Å². The van der Waals surface area contributed by atoms with E-state index in [2.05, 4.69) is 9.97 Å². The number of aryl methyl sites for hydroxylation is 1. The number of nitrogens with zero attached hydrogens (tertiary/aromatic N) is 1. The van der Waals surface area contributed by atoms with Crippen LogP contribution >= 0.6 is 0 Å². The van der Waals surface area contributed by atoms with Crippen LogP contribution < -0.4 is 5.56 Å². The Labute approximate surface area is 98.7 Å². The molecule has 0 fully saturated rings. The average molecular weight is 240 g/mol. The highest BCUT2D eigenvalue weighted by Crippen LogP contribution is 2.15. The first-order chi connectivity index (χ1) is 7.99. The largest absolute Gasteiger partial charge is 0.481 e. The number of carboxylic acid groups (broad SMARTS) is 1. The Hall–Kier alpha value is -1.69. The molecule has 2 N–H and O–H groups in total. The molecule has 94 valence electrons. The lowest BCUT2D eigenvalue weighted by molar-refractivity contribution is -0.136. The van der Waals surface area contributed by atoms with Gasteiger partial charge in [0.2, 0.25) is 0 Å². The third kappa shape index (κ3) is 3.13. The summed E-state index contributed by atoms with van der Waals surface area (Å²) in [7, 11) is 1.54. The summed E-state index contributed by atoms with van der Waals surface area (Å²) < 4.78 is 5.17.